The van der Waals surface area contributed by atoms with Crippen LogP contribution in [0.15, 0.2) is 0 Å². The van der Waals surface area contributed by atoms with Crippen LogP contribution >= 0.6 is 0 Å². The minimum Gasteiger partial charge on any atom is -0.396 e. The molecule has 0 spiro atoms. The van der Waals surface area contributed by atoms with Crippen LogP contribution in [0.2, 0.25) is 0 Å². The van der Waals surface area contributed by atoms with E-state index in [9.17, 15) is 0 Å². The lowest BCUT2D eigenvalue weighted by atomic mass is 9.93. The molecule has 0 atom stereocenters. The summed E-state index contributed by atoms with van der Waals surface area (Å²) in [7, 11) is 0. The zero-order valence-corrected chi connectivity index (χ0v) is 6.53. The average Bonchev–Trinajstić information content (AvgIpc) is 2.11. The van der Waals surface area contributed by atoms with Crippen molar-refractivity contribution in [2.45, 2.75) is 0 Å². The molecule has 0 aromatic heterocycles. The Morgan fingerprint density at radius 1 is 1.00 bits per heavy atom. The number of hydrogen-bond donors (Lipinski definition) is 5. The van der Waals surface area contributed by atoms with Gasteiger partial charge in [0.1, 0.15) is 0 Å². The van der Waals surface area contributed by atoms with Crippen LogP contribution < -0.4 is 0 Å². The molecule has 12 heavy (non-hydrogen) atoms. The van der Waals surface area contributed by atoms with Gasteiger partial charge in [-0.05, 0) is 0 Å². The van der Waals surface area contributed by atoms with Crippen molar-refractivity contribution in [3.8, 4) is 0 Å². The van der Waals surface area contributed by atoms with Gasteiger partial charge < -0.3 is 20.4 Å². The standard InChI is InChI=1S/C5H12O4.CHNO/c6-1-5(2-7,3-8)4-9;2-1-3/h6-9H,1-4H2;2H. The Labute approximate surface area is 69.6 Å². The van der Waals surface area contributed by atoms with E-state index in [1.54, 1.807) is 0 Å². The molecule has 0 aliphatic heterocycles. The van der Waals surface area contributed by atoms with Crippen LogP contribution in [0.3, 0.4) is 0 Å². The van der Waals surface area contributed by atoms with Gasteiger partial charge >= 0.3 is 0 Å². The topological polar surface area (TPSA) is 122 Å². The van der Waals surface area contributed by atoms with E-state index in [-0.39, 0.29) is 0 Å². The maximum absolute atomic E-state index is 8.50. The van der Waals surface area contributed by atoms with Gasteiger partial charge in [0.25, 0.3) is 0 Å². The summed E-state index contributed by atoms with van der Waals surface area (Å²) in [5.74, 6) is 0. The highest BCUT2D eigenvalue weighted by Crippen LogP contribution is 2.11. The maximum atomic E-state index is 8.50. The molecular formula is C6H13NO5. The summed E-state index contributed by atoms with van der Waals surface area (Å²) in [4.78, 5) is 8.35. The van der Waals surface area contributed by atoms with Crippen molar-refractivity contribution in [1.29, 1.82) is 5.41 Å². The molecule has 0 radical (unpaired) electrons. The number of aliphatic hydroxyl groups excluding tert-OH is 4. The molecule has 0 aliphatic rings. The first-order valence-electron chi connectivity index (χ1n) is 3.13. The molecule has 72 valence electrons. The molecule has 0 heterocycles. The molecule has 0 aromatic rings. The lowest BCUT2D eigenvalue weighted by Gasteiger charge is -2.23. The highest BCUT2D eigenvalue weighted by molar-refractivity contribution is 5.26. The fourth-order valence-corrected chi connectivity index (χ4v) is 0.300. The summed E-state index contributed by atoms with van der Waals surface area (Å²) in [6, 6.07) is 0. The van der Waals surface area contributed by atoms with Crippen LogP contribution in [0.5, 0.6) is 0 Å². The number of nitrogens with one attached hydrogen (secondary N) is 1. The summed E-state index contributed by atoms with van der Waals surface area (Å²) in [6.45, 7) is -1.62. The van der Waals surface area contributed by atoms with E-state index in [1.165, 1.54) is 0 Å². The quantitative estimate of drug-likeness (QED) is 0.248. The van der Waals surface area contributed by atoms with Crippen LogP contribution in [-0.2, 0) is 4.79 Å². The molecule has 0 saturated carbocycles. The highest BCUT2D eigenvalue weighted by atomic mass is 16.3. The first kappa shape index (κ1) is 13.8. The Morgan fingerprint density at radius 2 is 1.17 bits per heavy atom. The largest absolute Gasteiger partial charge is 0.396 e. The number of carbonyl (C=O) groups excluding carboxylic acids is 1. The third kappa shape index (κ3) is 4.95. The van der Waals surface area contributed by atoms with Crippen molar-refractivity contribution < 1.29 is 25.2 Å². The Bertz CT molecular complexity index is 110. The second-order valence-electron chi connectivity index (χ2n) is 2.23. The Morgan fingerprint density at radius 3 is 1.17 bits per heavy atom. The highest BCUT2D eigenvalue weighted by Gasteiger charge is 2.26. The molecule has 0 rings (SSSR count). The molecule has 5 N–H and O–H groups in total. The molecule has 0 bridgehead atoms. The van der Waals surface area contributed by atoms with E-state index >= 15 is 0 Å². The van der Waals surface area contributed by atoms with Gasteiger partial charge in [-0.3, -0.25) is 0 Å². The van der Waals surface area contributed by atoms with Gasteiger partial charge in [-0.15, -0.1) is 0 Å². The molecule has 0 amide bonds. The van der Waals surface area contributed by atoms with Gasteiger partial charge in [-0.2, -0.15) is 0 Å². The van der Waals surface area contributed by atoms with Crippen LogP contribution in [0.4, 0.5) is 0 Å². The predicted molar refractivity (Wildman–Crippen MR) is 39.2 cm³/mol. The van der Waals surface area contributed by atoms with E-state index in [2.05, 4.69) is 0 Å². The second-order valence-corrected chi connectivity index (χ2v) is 2.23. The van der Waals surface area contributed by atoms with Crippen molar-refractivity contribution in [2.24, 2.45) is 5.41 Å². The Hall–Kier alpha value is -0.780. The van der Waals surface area contributed by atoms with Crippen molar-refractivity contribution >= 4 is 6.08 Å². The number of hydrogen-bond acceptors (Lipinski definition) is 6. The van der Waals surface area contributed by atoms with Gasteiger partial charge in [0.05, 0.1) is 31.8 Å². The Balaban J connectivity index is 0. The third-order valence-electron chi connectivity index (χ3n) is 1.34. The average molecular weight is 179 g/mol. The van der Waals surface area contributed by atoms with Crippen LogP contribution in [0.1, 0.15) is 0 Å². The smallest absolute Gasteiger partial charge is 0.231 e. The molecule has 0 aliphatic carbocycles. The third-order valence-corrected chi connectivity index (χ3v) is 1.34. The van der Waals surface area contributed by atoms with Gasteiger partial charge in [0, 0.05) is 0 Å². The monoisotopic (exact) mass is 179 g/mol. The van der Waals surface area contributed by atoms with E-state index in [0.29, 0.717) is 0 Å². The lowest BCUT2D eigenvalue weighted by Crippen LogP contribution is -2.37. The van der Waals surface area contributed by atoms with Crippen molar-refractivity contribution in [2.75, 3.05) is 26.4 Å². The molecule has 6 heteroatoms. The fourth-order valence-electron chi connectivity index (χ4n) is 0.300. The van der Waals surface area contributed by atoms with E-state index in [1.807, 2.05) is 0 Å². The van der Waals surface area contributed by atoms with Gasteiger partial charge in [-0.1, -0.05) is 0 Å². The van der Waals surface area contributed by atoms with Gasteiger partial charge in [0.2, 0.25) is 6.08 Å². The van der Waals surface area contributed by atoms with E-state index in [0.717, 1.165) is 6.08 Å². The van der Waals surface area contributed by atoms with E-state index in [4.69, 9.17) is 30.6 Å². The predicted octanol–water partition coefficient (Wildman–Crippen LogP) is -2.16. The van der Waals surface area contributed by atoms with Crippen LogP contribution in [-0.4, -0.2) is 52.9 Å². The van der Waals surface area contributed by atoms with Gasteiger partial charge in [0.15, 0.2) is 0 Å². The van der Waals surface area contributed by atoms with E-state index < -0.39 is 31.8 Å². The van der Waals surface area contributed by atoms with Crippen LogP contribution in [0, 0.1) is 10.8 Å². The SMILES string of the molecule is N=C=O.OCC(CO)(CO)CO. The Kier molecular flexibility index (Phi) is 9.56. The zero-order valence-electron chi connectivity index (χ0n) is 6.53. The van der Waals surface area contributed by atoms with Gasteiger partial charge in [-0.25, -0.2) is 10.2 Å². The summed E-state index contributed by atoms with van der Waals surface area (Å²) in [5, 5.41) is 39.4. The number of rotatable bonds is 4. The summed E-state index contributed by atoms with van der Waals surface area (Å²) >= 11 is 0. The first-order chi connectivity index (χ1) is 5.66. The van der Waals surface area contributed by atoms with Crippen molar-refractivity contribution in [3.05, 3.63) is 0 Å². The normalized spacial score (nSPS) is 9.67. The van der Waals surface area contributed by atoms with Crippen molar-refractivity contribution in [3.63, 3.8) is 0 Å². The molecule has 0 fully saturated rings. The summed E-state index contributed by atoms with van der Waals surface area (Å²) in [6.07, 6.45) is 0.750. The molecule has 0 aromatic carbocycles. The molecule has 0 unspecified atom stereocenters. The zero-order chi connectivity index (χ0) is 10.0. The second kappa shape index (κ2) is 8.32. The number of aliphatic hydroxyl groups is 4. The van der Waals surface area contributed by atoms with Crippen LogP contribution in [0.25, 0.3) is 0 Å². The summed E-state index contributed by atoms with van der Waals surface area (Å²) in [5.41, 5.74) is -1.11. The lowest BCUT2D eigenvalue weighted by molar-refractivity contribution is -0.0328. The summed E-state index contributed by atoms with van der Waals surface area (Å²) < 4.78 is 0. The fraction of sp³-hybridized carbons (Fsp3) is 0.833. The minimum absolute atomic E-state index is 0.406. The number of isocyanates is 1. The van der Waals surface area contributed by atoms with Crippen molar-refractivity contribution in [1.82, 2.24) is 0 Å². The molecule has 0 saturated heterocycles. The first-order valence-corrected chi connectivity index (χ1v) is 3.13. The molecular weight excluding hydrogens is 166 g/mol. The molecule has 6 nitrogen and oxygen atoms in total. The minimum atomic E-state index is -1.11. The maximum Gasteiger partial charge on any atom is 0.231 e.